The number of thiol groups is 1. The predicted octanol–water partition coefficient (Wildman–Crippen LogP) is 3.72. The largest absolute Gasteiger partial charge is 0.444 e. The van der Waals surface area contributed by atoms with E-state index < -0.39 is 28.2 Å². The lowest BCUT2D eigenvalue weighted by Crippen LogP contribution is -2.27. The highest BCUT2D eigenvalue weighted by molar-refractivity contribution is 8.29. The van der Waals surface area contributed by atoms with Gasteiger partial charge in [0, 0.05) is 11.6 Å². The number of hydrogen-bond acceptors (Lipinski definition) is 7. The minimum atomic E-state index is -1.10. The third-order valence-corrected chi connectivity index (χ3v) is 7.46. The number of aliphatic imine (C=N–C) groups is 1. The van der Waals surface area contributed by atoms with E-state index in [-0.39, 0.29) is 0 Å². The smallest absolute Gasteiger partial charge is 0.412 e. The second kappa shape index (κ2) is 7.75. The number of imidazole rings is 1. The first-order chi connectivity index (χ1) is 15.3. The van der Waals surface area contributed by atoms with Crippen LogP contribution >= 0.6 is 11.1 Å². The molecule has 10 nitrogen and oxygen atoms in total. The number of nitrogens with zero attached hydrogens (tertiary/aromatic N) is 6. The summed E-state index contributed by atoms with van der Waals surface area (Å²) in [6.45, 7) is 5.44. The molecule has 5 rings (SSSR count). The Hall–Kier alpha value is -3.18. The summed E-state index contributed by atoms with van der Waals surface area (Å²) in [7, 11) is 0. The third-order valence-electron chi connectivity index (χ3n) is 5.02. The molecule has 0 radical (unpaired) electrons. The monoisotopic (exact) mass is 455 g/mol. The summed E-state index contributed by atoms with van der Waals surface area (Å²) >= 11 is -1.10. The van der Waals surface area contributed by atoms with E-state index in [9.17, 15) is 9.90 Å². The fraction of sp³-hybridized carbons (Fsp3) is 0.381. The molecule has 3 aromatic rings. The minimum Gasteiger partial charge on any atom is -0.444 e. The number of ether oxygens (including phenoxy) is 1. The molecule has 1 amide bonds. The van der Waals surface area contributed by atoms with Gasteiger partial charge in [0.2, 0.25) is 0 Å². The van der Waals surface area contributed by atoms with Gasteiger partial charge in [-0.05, 0) is 57.9 Å². The Labute approximate surface area is 187 Å². The zero-order chi connectivity index (χ0) is 22.5. The van der Waals surface area contributed by atoms with Gasteiger partial charge in [0.25, 0.3) is 0 Å². The number of aromatic nitrogens is 5. The molecule has 2 unspecified atom stereocenters. The summed E-state index contributed by atoms with van der Waals surface area (Å²) in [5.74, 6) is 1.23. The number of hydrogen-bond donors (Lipinski definition) is 3. The van der Waals surface area contributed by atoms with Crippen LogP contribution in [0.3, 0.4) is 0 Å². The average molecular weight is 456 g/mol. The van der Waals surface area contributed by atoms with Crippen molar-refractivity contribution in [2.45, 2.75) is 44.6 Å². The normalized spacial score (nSPS) is 19.9. The van der Waals surface area contributed by atoms with Gasteiger partial charge >= 0.3 is 6.09 Å². The second-order valence-electron chi connectivity index (χ2n) is 8.82. The Bertz CT molecular complexity index is 1170. The number of aliphatic hydroxyl groups excluding tert-OH is 1. The Morgan fingerprint density at radius 3 is 2.72 bits per heavy atom. The van der Waals surface area contributed by atoms with Gasteiger partial charge in [0.05, 0.1) is 23.1 Å². The Balaban J connectivity index is 1.31. The molecule has 1 aliphatic carbocycles. The Morgan fingerprint density at radius 1 is 1.28 bits per heavy atom. The van der Waals surface area contributed by atoms with E-state index in [0.717, 1.165) is 29.4 Å². The number of anilines is 1. The van der Waals surface area contributed by atoms with Crippen LogP contribution in [0.1, 0.15) is 44.7 Å². The van der Waals surface area contributed by atoms with Gasteiger partial charge in [-0.3, -0.25) is 9.29 Å². The van der Waals surface area contributed by atoms with Crippen LogP contribution in [-0.4, -0.2) is 45.8 Å². The molecule has 3 heterocycles. The van der Waals surface area contributed by atoms with Crippen molar-refractivity contribution in [3.8, 4) is 5.69 Å². The molecule has 1 aromatic carbocycles. The number of carbonyl (C=O) groups is 1. The third kappa shape index (κ3) is 4.13. The van der Waals surface area contributed by atoms with Crippen LogP contribution < -0.4 is 5.32 Å². The van der Waals surface area contributed by atoms with E-state index in [2.05, 4.69) is 20.6 Å². The molecule has 1 saturated carbocycles. The van der Waals surface area contributed by atoms with Crippen LogP contribution in [0.15, 0.2) is 48.0 Å². The number of rotatable bonds is 5. The number of carbonyl (C=O) groups excluding carboxylic acids is 1. The van der Waals surface area contributed by atoms with Gasteiger partial charge < -0.3 is 9.84 Å². The van der Waals surface area contributed by atoms with E-state index in [4.69, 9.17) is 9.73 Å². The molecule has 2 aliphatic rings. The highest BCUT2D eigenvalue weighted by atomic mass is 32.2. The van der Waals surface area contributed by atoms with Crippen molar-refractivity contribution in [2.75, 3.05) is 5.32 Å². The Morgan fingerprint density at radius 2 is 2.03 bits per heavy atom. The van der Waals surface area contributed by atoms with E-state index in [1.54, 1.807) is 35.5 Å². The topological polar surface area (TPSA) is 119 Å². The molecule has 11 heteroatoms. The van der Waals surface area contributed by atoms with Gasteiger partial charge in [0.1, 0.15) is 23.1 Å². The van der Waals surface area contributed by atoms with Gasteiger partial charge in [-0.2, -0.15) is 0 Å². The average Bonchev–Trinajstić information content (AvgIpc) is 3.12. The lowest BCUT2D eigenvalue weighted by molar-refractivity contribution is 0.0636. The molecule has 1 aliphatic heterocycles. The summed E-state index contributed by atoms with van der Waals surface area (Å²) in [4.78, 5) is 20.8. The molecule has 2 atom stereocenters. The molecular weight excluding hydrogens is 430 g/mol. The van der Waals surface area contributed by atoms with Crippen molar-refractivity contribution in [3.05, 3.63) is 48.7 Å². The molecule has 2 aromatic heterocycles. The lowest BCUT2D eigenvalue weighted by Gasteiger charge is -2.24. The molecule has 0 saturated heterocycles. The molecule has 1 fully saturated rings. The summed E-state index contributed by atoms with van der Waals surface area (Å²) < 4.78 is 8.83. The van der Waals surface area contributed by atoms with Crippen molar-refractivity contribution in [3.63, 3.8) is 0 Å². The van der Waals surface area contributed by atoms with Crippen LogP contribution in [0.5, 0.6) is 0 Å². The van der Waals surface area contributed by atoms with Crippen LogP contribution in [0, 0.1) is 5.92 Å². The first-order valence-corrected chi connectivity index (χ1v) is 11.8. The second-order valence-corrected chi connectivity index (χ2v) is 10.9. The standard InChI is InChI=1S/C21H25N7O3S/c1-21(2,3)31-20(30)23-14-6-8-15(9-7-14)27-11-16(25-26-27)19(29)32-18(13-4-5-13)24-17-10-22-12-28(17)32/h6-13,19,29,32H,4-5H2,1-3H3,(H,23,30). The quantitative estimate of drug-likeness (QED) is 0.505. The van der Waals surface area contributed by atoms with Crippen molar-refractivity contribution in [2.24, 2.45) is 10.9 Å². The maximum atomic E-state index is 11.9. The van der Waals surface area contributed by atoms with Crippen LogP contribution in [-0.2, 0) is 4.74 Å². The molecule has 32 heavy (non-hydrogen) atoms. The van der Waals surface area contributed by atoms with Gasteiger partial charge in [-0.25, -0.2) is 19.5 Å². The molecular formula is C21H25N7O3S. The number of aliphatic hydroxyl groups is 1. The Kier molecular flexibility index (Phi) is 5.01. The predicted molar refractivity (Wildman–Crippen MR) is 123 cm³/mol. The molecule has 0 spiro atoms. The van der Waals surface area contributed by atoms with E-state index in [0.29, 0.717) is 17.3 Å². The first-order valence-electron chi connectivity index (χ1n) is 10.4. The molecule has 2 N–H and O–H groups in total. The van der Waals surface area contributed by atoms with E-state index in [1.807, 2.05) is 36.9 Å². The summed E-state index contributed by atoms with van der Waals surface area (Å²) in [5, 5.41) is 23.3. The van der Waals surface area contributed by atoms with Crippen molar-refractivity contribution >= 4 is 33.7 Å². The lowest BCUT2D eigenvalue weighted by atomic mass is 10.2. The van der Waals surface area contributed by atoms with Crippen LogP contribution in [0.2, 0.25) is 0 Å². The van der Waals surface area contributed by atoms with Crippen molar-refractivity contribution in [1.82, 2.24) is 24.0 Å². The number of nitrogens with one attached hydrogen (secondary N) is 1. The first kappa shape index (κ1) is 20.7. The van der Waals surface area contributed by atoms with Crippen LogP contribution in [0.25, 0.3) is 5.69 Å². The van der Waals surface area contributed by atoms with Crippen molar-refractivity contribution < 1.29 is 14.6 Å². The minimum absolute atomic E-state index is 0.440. The zero-order valence-corrected chi connectivity index (χ0v) is 18.9. The maximum absolute atomic E-state index is 11.9. The van der Waals surface area contributed by atoms with Gasteiger partial charge in [0.15, 0.2) is 5.82 Å². The van der Waals surface area contributed by atoms with Gasteiger partial charge in [-0.15, -0.1) is 5.10 Å². The number of benzene rings is 1. The molecule has 0 bridgehead atoms. The number of amides is 1. The highest BCUT2D eigenvalue weighted by Gasteiger charge is 2.40. The summed E-state index contributed by atoms with van der Waals surface area (Å²) in [6.07, 6.45) is 6.88. The maximum Gasteiger partial charge on any atom is 0.412 e. The summed E-state index contributed by atoms with van der Waals surface area (Å²) in [5.41, 5.74) is 0.466. The summed E-state index contributed by atoms with van der Waals surface area (Å²) in [6, 6.07) is 7.13. The zero-order valence-electron chi connectivity index (χ0n) is 18.0. The van der Waals surface area contributed by atoms with E-state index in [1.165, 1.54) is 0 Å². The van der Waals surface area contributed by atoms with Gasteiger partial charge in [-0.1, -0.05) is 16.3 Å². The fourth-order valence-corrected chi connectivity index (χ4v) is 5.84. The van der Waals surface area contributed by atoms with E-state index >= 15 is 0 Å². The molecule has 168 valence electrons. The van der Waals surface area contributed by atoms with Crippen LogP contribution in [0.4, 0.5) is 16.3 Å². The fourth-order valence-electron chi connectivity index (χ4n) is 3.44. The van der Waals surface area contributed by atoms with Crippen molar-refractivity contribution in [1.29, 1.82) is 0 Å². The number of fused-ring (bicyclic) bond motifs is 1. The highest BCUT2D eigenvalue weighted by Crippen LogP contribution is 2.55. The SMILES string of the molecule is CC(C)(C)OC(=O)Nc1ccc(-n2cc(C(O)[SH]3C(C4CC4)=Nc4cncn43)nn2)cc1.